The number of hydrogen-bond donors (Lipinski definition) is 1. The zero-order valence-electron chi connectivity index (χ0n) is 12.3. The molecule has 1 N–H and O–H groups in total. The number of fused-ring (bicyclic) bond motifs is 5. The van der Waals surface area contributed by atoms with E-state index in [-0.39, 0.29) is 10.8 Å². The molecule has 0 spiro atoms. The average molecular weight is 305 g/mol. The van der Waals surface area contributed by atoms with Crippen molar-refractivity contribution in [2.75, 3.05) is 0 Å². The molecule has 0 unspecified atom stereocenters. The molecule has 3 heteroatoms. The van der Waals surface area contributed by atoms with Crippen LogP contribution in [0.4, 0.5) is 0 Å². The number of ketones is 1. The summed E-state index contributed by atoms with van der Waals surface area (Å²) >= 11 is 6.76. The highest BCUT2D eigenvalue weighted by molar-refractivity contribution is 6.21. The molecular weight excluding hydrogens is 284 g/mol. The number of carbonyl (C=O) groups is 1. The molecule has 3 aliphatic rings. The van der Waals surface area contributed by atoms with Crippen LogP contribution in [0.2, 0.25) is 0 Å². The fraction of sp³-hybridized carbons (Fsp3) is 0.611. The Kier molecular flexibility index (Phi) is 2.91. The van der Waals surface area contributed by atoms with Crippen molar-refractivity contribution in [1.29, 1.82) is 0 Å². The number of aromatic hydroxyl groups is 1. The van der Waals surface area contributed by atoms with Crippen molar-refractivity contribution < 1.29 is 9.90 Å². The zero-order valence-corrected chi connectivity index (χ0v) is 13.1. The number of carbonyl (C=O) groups excluding carboxylic acids is 1. The van der Waals surface area contributed by atoms with Crippen LogP contribution >= 0.6 is 11.6 Å². The molecule has 0 bridgehead atoms. The van der Waals surface area contributed by atoms with Gasteiger partial charge in [0.05, 0.1) is 0 Å². The van der Waals surface area contributed by atoms with Gasteiger partial charge in [-0.3, -0.25) is 4.79 Å². The Morgan fingerprint density at radius 1 is 1.29 bits per heavy atom. The Labute approximate surface area is 130 Å². The SMILES string of the molecule is C[C@]12C[C@H](Cl)[C@@H]3c4ccc(O)cc4CC[C@H]3[C@@H]1CCC2=O. The normalized spacial score (nSPS) is 41.3. The molecule has 2 nitrogen and oxygen atoms in total. The molecule has 5 atom stereocenters. The molecule has 21 heavy (non-hydrogen) atoms. The van der Waals surface area contributed by atoms with Crippen molar-refractivity contribution in [3.05, 3.63) is 29.3 Å². The molecular formula is C18H21ClO2. The van der Waals surface area contributed by atoms with Gasteiger partial charge in [0.25, 0.3) is 0 Å². The second kappa shape index (κ2) is 4.49. The minimum atomic E-state index is -0.192. The van der Waals surface area contributed by atoms with Crippen LogP contribution in [-0.4, -0.2) is 16.3 Å². The summed E-state index contributed by atoms with van der Waals surface area (Å²) in [6.07, 6.45) is 4.66. The van der Waals surface area contributed by atoms with E-state index in [4.69, 9.17) is 11.6 Å². The van der Waals surface area contributed by atoms with Crippen LogP contribution in [0.15, 0.2) is 18.2 Å². The summed E-state index contributed by atoms with van der Waals surface area (Å²) in [5.74, 6) is 2.13. The smallest absolute Gasteiger partial charge is 0.139 e. The molecule has 1 aromatic carbocycles. The van der Waals surface area contributed by atoms with Crippen LogP contribution in [0.1, 0.15) is 49.7 Å². The van der Waals surface area contributed by atoms with Gasteiger partial charge in [-0.15, -0.1) is 11.6 Å². The lowest BCUT2D eigenvalue weighted by atomic mass is 9.55. The average Bonchev–Trinajstić information content (AvgIpc) is 2.74. The summed E-state index contributed by atoms with van der Waals surface area (Å²) in [5.41, 5.74) is 2.36. The Morgan fingerprint density at radius 2 is 2.10 bits per heavy atom. The maximum atomic E-state index is 12.3. The molecule has 1 aromatic rings. The molecule has 0 radical (unpaired) electrons. The molecule has 0 aromatic heterocycles. The molecule has 0 heterocycles. The van der Waals surface area contributed by atoms with E-state index in [1.54, 1.807) is 6.07 Å². The van der Waals surface area contributed by atoms with E-state index in [1.807, 2.05) is 6.07 Å². The summed E-state index contributed by atoms with van der Waals surface area (Å²) in [6.45, 7) is 2.14. The highest BCUT2D eigenvalue weighted by atomic mass is 35.5. The van der Waals surface area contributed by atoms with Crippen LogP contribution < -0.4 is 0 Å². The summed E-state index contributed by atoms with van der Waals surface area (Å²) in [6, 6.07) is 5.72. The van der Waals surface area contributed by atoms with Crippen LogP contribution in [0.25, 0.3) is 0 Å². The number of hydrogen-bond acceptors (Lipinski definition) is 2. The Morgan fingerprint density at radius 3 is 2.90 bits per heavy atom. The van der Waals surface area contributed by atoms with Crippen molar-refractivity contribution in [3.63, 3.8) is 0 Å². The van der Waals surface area contributed by atoms with Crippen molar-refractivity contribution in [1.82, 2.24) is 0 Å². The molecule has 2 saturated carbocycles. The fourth-order valence-corrected chi connectivity index (χ4v) is 6.01. The third kappa shape index (κ3) is 1.81. The maximum Gasteiger partial charge on any atom is 0.139 e. The second-order valence-corrected chi connectivity index (χ2v) is 7.88. The van der Waals surface area contributed by atoms with Crippen molar-refractivity contribution in [3.8, 4) is 5.75 Å². The van der Waals surface area contributed by atoms with E-state index in [0.29, 0.717) is 29.3 Å². The zero-order chi connectivity index (χ0) is 14.8. The van der Waals surface area contributed by atoms with E-state index in [1.165, 1.54) is 11.1 Å². The Bertz CT molecular complexity index is 611. The van der Waals surface area contributed by atoms with Gasteiger partial charge < -0.3 is 5.11 Å². The molecule has 4 rings (SSSR count). The van der Waals surface area contributed by atoms with Gasteiger partial charge in [0.1, 0.15) is 11.5 Å². The number of phenolic OH excluding ortho intramolecular Hbond substituents is 1. The van der Waals surface area contributed by atoms with E-state index in [9.17, 15) is 9.90 Å². The summed E-state index contributed by atoms with van der Waals surface area (Å²) in [4.78, 5) is 12.3. The minimum absolute atomic E-state index is 0.0295. The lowest BCUT2D eigenvalue weighted by Gasteiger charge is -2.50. The third-order valence-electron chi connectivity index (χ3n) is 6.36. The van der Waals surface area contributed by atoms with Gasteiger partial charge in [-0.1, -0.05) is 13.0 Å². The van der Waals surface area contributed by atoms with Crippen LogP contribution in [0.3, 0.4) is 0 Å². The van der Waals surface area contributed by atoms with Gasteiger partial charge in [0, 0.05) is 23.1 Å². The first kappa shape index (κ1) is 13.6. The van der Waals surface area contributed by atoms with Crippen LogP contribution in [-0.2, 0) is 11.2 Å². The largest absolute Gasteiger partial charge is 0.508 e. The van der Waals surface area contributed by atoms with Crippen LogP contribution in [0.5, 0.6) is 5.75 Å². The number of alkyl halides is 1. The van der Waals surface area contributed by atoms with Gasteiger partial charge in [0.2, 0.25) is 0 Å². The minimum Gasteiger partial charge on any atom is -0.508 e. The lowest BCUT2D eigenvalue weighted by Crippen LogP contribution is -2.47. The monoisotopic (exact) mass is 304 g/mol. The highest BCUT2D eigenvalue weighted by Crippen LogP contribution is 2.60. The van der Waals surface area contributed by atoms with Crippen molar-refractivity contribution in [2.45, 2.75) is 50.3 Å². The van der Waals surface area contributed by atoms with Gasteiger partial charge in [-0.05, 0) is 60.8 Å². The van der Waals surface area contributed by atoms with Crippen molar-refractivity contribution in [2.24, 2.45) is 17.3 Å². The Hall–Kier alpha value is -1.02. The number of phenols is 1. The van der Waals surface area contributed by atoms with E-state index >= 15 is 0 Å². The topological polar surface area (TPSA) is 37.3 Å². The predicted molar refractivity (Wildman–Crippen MR) is 82.8 cm³/mol. The number of benzene rings is 1. The summed E-state index contributed by atoms with van der Waals surface area (Å²) in [5, 5.41) is 9.73. The summed E-state index contributed by atoms with van der Waals surface area (Å²) in [7, 11) is 0. The molecule has 3 aliphatic carbocycles. The molecule has 112 valence electrons. The molecule has 0 amide bonds. The lowest BCUT2D eigenvalue weighted by molar-refractivity contribution is -0.129. The second-order valence-electron chi connectivity index (χ2n) is 7.32. The van der Waals surface area contributed by atoms with Gasteiger partial charge in [0.15, 0.2) is 0 Å². The van der Waals surface area contributed by atoms with Gasteiger partial charge in [-0.25, -0.2) is 0 Å². The molecule has 0 aliphatic heterocycles. The fourth-order valence-electron chi connectivity index (χ4n) is 5.36. The van der Waals surface area contributed by atoms with E-state index in [2.05, 4.69) is 13.0 Å². The highest BCUT2D eigenvalue weighted by Gasteiger charge is 2.57. The number of aryl methyl sites for hydroxylation is 1. The first-order chi connectivity index (χ1) is 10.0. The van der Waals surface area contributed by atoms with Gasteiger partial charge >= 0.3 is 0 Å². The standard InChI is InChI=1S/C18H21ClO2/c1-18-9-15(19)17-12-5-3-11(20)8-10(12)2-4-13(17)14(18)6-7-16(18)21/h3,5,8,13-15,17,20H,2,4,6-7,9H2,1H3/t13-,14-,15-,17+,18-/m0/s1. The number of rotatable bonds is 0. The first-order valence-corrected chi connectivity index (χ1v) is 8.43. The van der Waals surface area contributed by atoms with E-state index < -0.39 is 0 Å². The number of halogens is 1. The van der Waals surface area contributed by atoms with Crippen LogP contribution in [0, 0.1) is 17.3 Å². The summed E-state index contributed by atoms with van der Waals surface area (Å²) < 4.78 is 0. The third-order valence-corrected chi connectivity index (χ3v) is 6.78. The van der Waals surface area contributed by atoms with E-state index in [0.717, 1.165) is 32.1 Å². The quantitative estimate of drug-likeness (QED) is 0.735. The molecule has 0 saturated heterocycles. The Balaban J connectivity index is 1.78. The predicted octanol–water partition coefficient (Wildman–Crippen LogP) is 4.03. The van der Waals surface area contributed by atoms with Gasteiger partial charge in [-0.2, -0.15) is 0 Å². The first-order valence-electron chi connectivity index (χ1n) is 8.00. The van der Waals surface area contributed by atoms with Crippen molar-refractivity contribution >= 4 is 17.4 Å². The molecule has 2 fully saturated rings. The number of Topliss-reactive ketones (excluding diaryl/α,β-unsaturated/α-hetero) is 1. The maximum absolute atomic E-state index is 12.3.